The van der Waals surface area contributed by atoms with Crippen molar-refractivity contribution in [1.82, 2.24) is 0 Å². The number of halogens is 1. The number of benzene rings is 1. The van der Waals surface area contributed by atoms with E-state index in [1.54, 1.807) is 6.08 Å². The lowest BCUT2D eigenvalue weighted by Gasteiger charge is -2.08. The van der Waals surface area contributed by atoms with Gasteiger partial charge in [0.05, 0.1) is 19.3 Å². The first-order valence-electron chi connectivity index (χ1n) is 4.83. The van der Waals surface area contributed by atoms with Crippen LogP contribution in [0.15, 0.2) is 41.4 Å². The van der Waals surface area contributed by atoms with Gasteiger partial charge in [0.1, 0.15) is 0 Å². The van der Waals surface area contributed by atoms with E-state index in [9.17, 15) is 5.11 Å². The molecule has 2 nitrogen and oxygen atoms in total. The van der Waals surface area contributed by atoms with Crippen LogP contribution in [-0.2, 0) is 11.3 Å². The summed E-state index contributed by atoms with van der Waals surface area (Å²) in [5.41, 5.74) is 1.10. The van der Waals surface area contributed by atoms with Crippen LogP contribution in [0.1, 0.15) is 12.0 Å². The Balaban J connectivity index is 2.25. The lowest BCUT2D eigenvalue weighted by atomic mass is 10.2. The van der Waals surface area contributed by atoms with E-state index in [1.807, 2.05) is 24.3 Å². The predicted octanol–water partition coefficient (Wildman–Crippen LogP) is 2.90. The van der Waals surface area contributed by atoms with Crippen molar-refractivity contribution in [3.63, 3.8) is 0 Å². The Hall–Kier alpha value is -0.640. The fourth-order valence-electron chi connectivity index (χ4n) is 1.15. The number of hydrogen-bond acceptors (Lipinski definition) is 2. The van der Waals surface area contributed by atoms with Crippen LogP contribution < -0.4 is 0 Å². The minimum absolute atomic E-state index is 0.349. The molecule has 0 unspecified atom stereocenters. The Kier molecular flexibility index (Phi) is 5.61. The zero-order valence-corrected chi connectivity index (χ0v) is 10.1. The number of aliphatic hydroxyl groups is 1. The van der Waals surface area contributed by atoms with Crippen molar-refractivity contribution in [2.45, 2.75) is 19.1 Å². The van der Waals surface area contributed by atoms with E-state index in [0.29, 0.717) is 19.6 Å². The van der Waals surface area contributed by atoms with Crippen LogP contribution in [0.3, 0.4) is 0 Å². The fraction of sp³-hybridized carbons (Fsp3) is 0.333. The van der Waals surface area contributed by atoms with Gasteiger partial charge < -0.3 is 9.84 Å². The van der Waals surface area contributed by atoms with E-state index in [2.05, 4.69) is 22.5 Å². The molecular weight excluding hydrogens is 256 g/mol. The number of hydrogen-bond donors (Lipinski definition) is 1. The number of aliphatic hydroxyl groups excluding tert-OH is 1. The normalized spacial score (nSPS) is 12.4. The zero-order valence-electron chi connectivity index (χ0n) is 8.53. The highest BCUT2D eigenvalue weighted by Gasteiger charge is 2.01. The minimum atomic E-state index is -0.446. The van der Waals surface area contributed by atoms with Gasteiger partial charge in [-0.25, -0.2) is 0 Å². The standard InChI is InChI=1S/C12H15BrO2/c1-2-3-12(14)9-15-8-10-4-6-11(13)7-5-10/h2,4-7,12,14H,1,3,8-9H2/t12-/m0/s1. The molecule has 0 aliphatic rings. The van der Waals surface area contributed by atoms with Gasteiger partial charge in [0.15, 0.2) is 0 Å². The van der Waals surface area contributed by atoms with Crippen molar-refractivity contribution >= 4 is 15.9 Å². The average Bonchev–Trinajstić information content (AvgIpc) is 2.21. The molecule has 0 heterocycles. The highest BCUT2D eigenvalue weighted by atomic mass is 79.9. The highest BCUT2D eigenvalue weighted by Crippen LogP contribution is 2.11. The first kappa shape index (κ1) is 12.4. The smallest absolute Gasteiger partial charge is 0.0808 e. The summed E-state index contributed by atoms with van der Waals surface area (Å²) < 4.78 is 6.41. The third-order valence-corrected chi connectivity index (χ3v) is 2.46. The Morgan fingerprint density at radius 3 is 2.67 bits per heavy atom. The van der Waals surface area contributed by atoms with Gasteiger partial charge in [0.2, 0.25) is 0 Å². The summed E-state index contributed by atoms with van der Waals surface area (Å²) in [6.07, 6.45) is 1.81. The van der Waals surface area contributed by atoms with Crippen molar-refractivity contribution < 1.29 is 9.84 Å². The van der Waals surface area contributed by atoms with Crippen LogP contribution in [-0.4, -0.2) is 17.8 Å². The molecule has 1 N–H and O–H groups in total. The lowest BCUT2D eigenvalue weighted by Crippen LogP contribution is -2.13. The molecule has 0 aromatic heterocycles. The molecule has 3 heteroatoms. The molecule has 1 aromatic carbocycles. The lowest BCUT2D eigenvalue weighted by molar-refractivity contribution is 0.0301. The highest BCUT2D eigenvalue weighted by molar-refractivity contribution is 9.10. The summed E-state index contributed by atoms with van der Waals surface area (Å²) >= 11 is 3.37. The molecule has 15 heavy (non-hydrogen) atoms. The Bertz CT molecular complexity index is 295. The first-order chi connectivity index (χ1) is 7.22. The second-order valence-corrected chi connectivity index (χ2v) is 4.24. The van der Waals surface area contributed by atoms with Gasteiger partial charge in [0.25, 0.3) is 0 Å². The summed E-state index contributed by atoms with van der Waals surface area (Å²) in [6, 6.07) is 7.92. The van der Waals surface area contributed by atoms with Gasteiger partial charge in [-0.2, -0.15) is 0 Å². The van der Waals surface area contributed by atoms with E-state index in [0.717, 1.165) is 10.0 Å². The maximum absolute atomic E-state index is 9.37. The maximum atomic E-state index is 9.37. The summed E-state index contributed by atoms with van der Waals surface area (Å²) in [7, 11) is 0. The molecule has 0 bridgehead atoms. The Morgan fingerprint density at radius 1 is 1.40 bits per heavy atom. The van der Waals surface area contributed by atoms with Crippen LogP contribution >= 0.6 is 15.9 Å². The largest absolute Gasteiger partial charge is 0.390 e. The van der Waals surface area contributed by atoms with Crippen molar-refractivity contribution in [3.8, 4) is 0 Å². The Morgan fingerprint density at radius 2 is 2.07 bits per heavy atom. The van der Waals surface area contributed by atoms with Crippen molar-refractivity contribution in [2.24, 2.45) is 0 Å². The van der Waals surface area contributed by atoms with Gasteiger partial charge in [0, 0.05) is 4.47 Å². The van der Waals surface area contributed by atoms with Crippen molar-refractivity contribution in [3.05, 3.63) is 47.0 Å². The third kappa shape index (κ3) is 5.11. The molecule has 1 rings (SSSR count). The summed E-state index contributed by atoms with van der Waals surface area (Å²) in [5.74, 6) is 0. The van der Waals surface area contributed by atoms with Crippen LogP contribution in [0, 0.1) is 0 Å². The molecule has 0 fully saturated rings. The Labute approximate surface area is 98.7 Å². The summed E-state index contributed by atoms with van der Waals surface area (Å²) in [4.78, 5) is 0. The molecule has 0 saturated carbocycles. The van der Waals surface area contributed by atoms with Gasteiger partial charge in [-0.05, 0) is 24.1 Å². The molecule has 82 valence electrons. The maximum Gasteiger partial charge on any atom is 0.0808 e. The van der Waals surface area contributed by atoms with Gasteiger partial charge in [-0.15, -0.1) is 6.58 Å². The first-order valence-corrected chi connectivity index (χ1v) is 5.63. The van der Waals surface area contributed by atoms with Crippen molar-refractivity contribution in [2.75, 3.05) is 6.61 Å². The molecule has 1 atom stereocenters. The molecule has 0 saturated heterocycles. The molecule has 0 aliphatic carbocycles. The topological polar surface area (TPSA) is 29.5 Å². The third-order valence-electron chi connectivity index (χ3n) is 1.93. The molecule has 0 spiro atoms. The van der Waals surface area contributed by atoms with Gasteiger partial charge in [-0.1, -0.05) is 34.1 Å². The van der Waals surface area contributed by atoms with E-state index in [4.69, 9.17) is 4.74 Å². The van der Waals surface area contributed by atoms with E-state index >= 15 is 0 Å². The molecular formula is C12H15BrO2. The SMILES string of the molecule is C=CC[C@H](O)COCc1ccc(Br)cc1. The van der Waals surface area contributed by atoms with E-state index < -0.39 is 6.10 Å². The van der Waals surface area contributed by atoms with Crippen LogP contribution in [0.4, 0.5) is 0 Å². The van der Waals surface area contributed by atoms with Gasteiger partial charge in [-0.3, -0.25) is 0 Å². The molecule has 1 aromatic rings. The quantitative estimate of drug-likeness (QED) is 0.806. The van der Waals surface area contributed by atoms with Crippen LogP contribution in [0.5, 0.6) is 0 Å². The molecule has 0 radical (unpaired) electrons. The minimum Gasteiger partial charge on any atom is -0.390 e. The van der Waals surface area contributed by atoms with Crippen LogP contribution in [0.25, 0.3) is 0 Å². The van der Waals surface area contributed by atoms with E-state index in [-0.39, 0.29) is 0 Å². The summed E-state index contributed by atoms with van der Waals surface area (Å²) in [6.45, 7) is 4.43. The predicted molar refractivity (Wildman–Crippen MR) is 64.6 cm³/mol. The average molecular weight is 271 g/mol. The molecule has 0 amide bonds. The van der Waals surface area contributed by atoms with Crippen molar-refractivity contribution in [1.29, 1.82) is 0 Å². The second kappa shape index (κ2) is 6.77. The zero-order chi connectivity index (χ0) is 11.1. The van der Waals surface area contributed by atoms with Crippen LogP contribution in [0.2, 0.25) is 0 Å². The number of ether oxygens (including phenoxy) is 1. The molecule has 0 aliphatic heterocycles. The second-order valence-electron chi connectivity index (χ2n) is 3.32. The summed E-state index contributed by atoms with van der Waals surface area (Å²) in [5, 5.41) is 9.37. The van der Waals surface area contributed by atoms with Gasteiger partial charge >= 0.3 is 0 Å². The van der Waals surface area contributed by atoms with E-state index in [1.165, 1.54) is 0 Å². The monoisotopic (exact) mass is 270 g/mol. The fourth-order valence-corrected chi connectivity index (χ4v) is 1.42. The number of rotatable bonds is 6.